The Kier molecular flexibility index (Phi) is 11.4. The Morgan fingerprint density at radius 1 is 1.14 bits per heavy atom. The lowest BCUT2D eigenvalue weighted by Crippen LogP contribution is -2.60. The molecule has 0 radical (unpaired) electrons. The van der Waals surface area contributed by atoms with Crippen LogP contribution in [-0.4, -0.2) is 101 Å². The number of esters is 3. The number of urea groups is 1. The van der Waals surface area contributed by atoms with Crippen LogP contribution in [0.3, 0.4) is 0 Å². The number of aromatic nitrogens is 1. The van der Waals surface area contributed by atoms with Crippen LogP contribution in [0.25, 0.3) is 0 Å². The van der Waals surface area contributed by atoms with Gasteiger partial charge in [0.15, 0.2) is 17.6 Å². The maximum absolute atomic E-state index is 15.3. The van der Waals surface area contributed by atoms with Crippen LogP contribution < -0.4 is 20.0 Å². The van der Waals surface area contributed by atoms with E-state index in [2.05, 4.69) is 15.6 Å². The van der Waals surface area contributed by atoms with Crippen LogP contribution in [0, 0.1) is 11.2 Å². The van der Waals surface area contributed by atoms with Crippen molar-refractivity contribution in [2.75, 3.05) is 26.4 Å². The van der Waals surface area contributed by atoms with Crippen LogP contribution in [-0.2, 0) is 39.9 Å². The normalized spacial score (nSPS) is 16.5. The maximum Gasteiger partial charge on any atom is 0.547 e. The fraction of sp³-hybridized carbons (Fsp3) is 0.419. The summed E-state index contributed by atoms with van der Waals surface area (Å²) in [6.45, 7) is 6.95. The van der Waals surface area contributed by atoms with Gasteiger partial charge in [-0.3, -0.25) is 33.9 Å². The third kappa shape index (κ3) is 8.52. The summed E-state index contributed by atoms with van der Waals surface area (Å²) >= 11 is 0. The van der Waals surface area contributed by atoms with Gasteiger partial charge in [0, 0.05) is 32.6 Å². The number of nitrogens with one attached hydrogen (secondary N) is 2. The predicted octanol–water partition coefficient (Wildman–Crippen LogP) is 0.431. The minimum Gasteiger partial charge on any atom is -0.534 e. The first-order valence-corrected chi connectivity index (χ1v) is 15.4. The van der Waals surface area contributed by atoms with Gasteiger partial charge in [-0.25, -0.2) is 14.0 Å². The number of benzene rings is 1. The summed E-state index contributed by atoms with van der Waals surface area (Å²) in [6, 6.07) is 2.00. The number of halogens is 1. The van der Waals surface area contributed by atoms with Gasteiger partial charge in [0.2, 0.25) is 12.7 Å². The first kappa shape index (κ1) is 37.2. The van der Waals surface area contributed by atoms with Crippen LogP contribution in [0.1, 0.15) is 62.3 Å². The molecule has 2 aliphatic rings. The molecule has 0 saturated carbocycles. The van der Waals surface area contributed by atoms with E-state index in [0.29, 0.717) is 10.5 Å². The van der Waals surface area contributed by atoms with E-state index in [1.807, 2.05) is 0 Å². The number of pyridine rings is 1. The highest BCUT2D eigenvalue weighted by Crippen LogP contribution is 2.31. The highest BCUT2D eigenvalue weighted by atomic mass is 19.1. The van der Waals surface area contributed by atoms with Crippen molar-refractivity contribution in [2.24, 2.45) is 5.41 Å². The summed E-state index contributed by atoms with van der Waals surface area (Å²) in [4.78, 5) is 93.7. The molecule has 0 aliphatic carbocycles. The summed E-state index contributed by atoms with van der Waals surface area (Å²) < 4.78 is 35.7. The fourth-order valence-corrected chi connectivity index (χ4v) is 4.90. The van der Waals surface area contributed by atoms with E-state index < -0.39 is 84.5 Å². The zero-order valence-electron chi connectivity index (χ0n) is 27.8. The third-order valence-electron chi connectivity index (χ3n) is 7.50. The van der Waals surface area contributed by atoms with Crippen LogP contribution in [0.4, 0.5) is 9.18 Å². The Morgan fingerprint density at radius 3 is 2.50 bits per heavy atom. The molecular formula is C31H35BFN5O12. The standard InChI is InChI=1S/C31H35BFN5O12/c1-6-37-10-11-38(27(42)26(37)41)30(45)36-23(22-20(33)13-18(14-34-22)49-16(2)39)25(40)35-21-12-17-8-7-9-19(24(17)50-32(21)46)28(43)47-15-48-29(44)31(3,4)5/h7-9,13-14,21,23,46H,6,10-12,15H2,1-5H3,(H,35,40)(H,36,45)/t21-,23?/m0/s1. The minimum atomic E-state index is -1.94. The Labute approximate surface area is 285 Å². The summed E-state index contributed by atoms with van der Waals surface area (Å²) in [7, 11) is -1.78. The molecule has 266 valence electrons. The average Bonchev–Trinajstić information content (AvgIpc) is 3.04. The topological polar surface area (TPSA) is 220 Å². The monoisotopic (exact) mass is 699 g/mol. The summed E-state index contributed by atoms with van der Waals surface area (Å²) in [5.41, 5.74) is -1.25. The van der Waals surface area contributed by atoms with Gasteiger partial charge >= 0.3 is 42.9 Å². The van der Waals surface area contributed by atoms with Crippen molar-refractivity contribution in [1.82, 2.24) is 25.4 Å². The molecule has 2 atom stereocenters. The number of amides is 5. The molecule has 2 aliphatic heterocycles. The Morgan fingerprint density at radius 2 is 1.86 bits per heavy atom. The Balaban J connectivity index is 1.54. The van der Waals surface area contributed by atoms with Gasteiger partial charge in [-0.05, 0) is 45.7 Å². The van der Waals surface area contributed by atoms with Gasteiger partial charge in [-0.2, -0.15) is 0 Å². The van der Waals surface area contributed by atoms with Crippen molar-refractivity contribution in [1.29, 1.82) is 0 Å². The Bertz CT molecular complexity index is 1720. The molecule has 4 rings (SSSR count). The van der Waals surface area contributed by atoms with E-state index >= 15 is 4.39 Å². The van der Waals surface area contributed by atoms with Crippen LogP contribution in [0.5, 0.6) is 11.5 Å². The van der Waals surface area contributed by atoms with E-state index in [1.165, 1.54) is 17.0 Å². The molecule has 1 aromatic heterocycles. The number of para-hydroxylation sites is 1. The third-order valence-corrected chi connectivity index (χ3v) is 7.50. The van der Waals surface area contributed by atoms with Crippen LogP contribution in [0.15, 0.2) is 30.5 Å². The molecule has 1 saturated heterocycles. The number of carbonyl (C=O) groups is 7. The molecule has 3 heterocycles. The number of hydrogen-bond acceptors (Lipinski definition) is 13. The van der Waals surface area contributed by atoms with Gasteiger partial charge in [0.25, 0.3) is 0 Å². The molecule has 50 heavy (non-hydrogen) atoms. The number of nitrogens with zero attached hydrogens (tertiary/aromatic N) is 3. The highest BCUT2D eigenvalue weighted by Gasteiger charge is 2.42. The highest BCUT2D eigenvalue weighted by molar-refractivity contribution is 6.47. The summed E-state index contributed by atoms with van der Waals surface area (Å²) in [6.07, 6.45) is 0.802. The molecule has 1 aromatic carbocycles. The zero-order chi connectivity index (χ0) is 36.9. The number of hydrogen-bond donors (Lipinski definition) is 3. The van der Waals surface area contributed by atoms with E-state index in [9.17, 15) is 38.6 Å². The lowest BCUT2D eigenvalue weighted by atomic mass is 9.72. The first-order valence-electron chi connectivity index (χ1n) is 15.4. The number of piperazine rings is 1. The number of fused-ring (bicyclic) bond motifs is 1. The van der Waals surface area contributed by atoms with Gasteiger partial charge in [0.1, 0.15) is 17.0 Å². The molecule has 2 aromatic rings. The second kappa shape index (κ2) is 15.3. The van der Waals surface area contributed by atoms with Crippen molar-refractivity contribution in [2.45, 2.75) is 53.0 Å². The quantitative estimate of drug-likeness (QED) is 0.140. The second-order valence-corrected chi connectivity index (χ2v) is 12.2. The lowest BCUT2D eigenvalue weighted by molar-refractivity contribution is -0.161. The molecule has 5 amide bonds. The van der Waals surface area contributed by atoms with Crippen molar-refractivity contribution >= 4 is 48.8 Å². The number of ether oxygens (including phenoxy) is 3. The summed E-state index contributed by atoms with van der Waals surface area (Å²) in [5.74, 6) is -8.28. The van der Waals surface area contributed by atoms with Crippen molar-refractivity contribution in [3.05, 3.63) is 53.1 Å². The fourth-order valence-electron chi connectivity index (χ4n) is 4.90. The average molecular weight is 699 g/mol. The molecule has 0 bridgehead atoms. The number of rotatable bonds is 9. The van der Waals surface area contributed by atoms with Gasteiger partial charge in [-0.15, -0.1) is 0 Å². The predicted molar refractivity (Wildman–Crippen MR) is 167 cm³/mol. The molecule has 1 fully saturated rings. The molecule has 17 nitrogen and oxygen atoms in total. The smallest absolute Gasteiger partial charge is 0.534 e. The van der Waals surface area contributed by atoms with E-state index in [1.54, 1.807) is 33.8 Å². The first-order chi connectivity index (χ1) is 23.5. The van der Waals surface area contributed by atoms with Gasteiger partial charge in [-0.1, -0.05) is 12.1 Å². The summed E-state index contributed by atoms with van der Waals surface area (Å²) in [5, 5.41) is 15.5. The van der Waals surface area contributed by atoms with Gasteiger partial charge in [0.05, 0.1) is 17.6 Å². The zero-order valence-corrected chi connectivity index (χ0v) is 27.8. The molecule has 1 unspecified atom stereocenters. The minimum absolute atomic E-state index is 0.0255. The molecule has 3 N–H and O–H groups in total. The molecule has 19 heteroatoms. The van der Waals surface area contributed by atoms with Gasteiger partial charge < -0.3 is 39.4 Å². The second-order valence-electron chi connectivity index (χ2n) is 12.2. The molecule has 0 spiro atoms. The van der Waals surface area contributed by atoms with E-state index in [4.69, 9.17) is 18.9 Å². The maximum atomic E-state index is 15.3. The number of likely N-dealkylation sites (N-methyl/N-ethyl adjacent to an activating group) is 1. The number of imide groups is 1. The van der Waals surface area contributed by atoms with E-state index in [0.717, 1.165) is 19.2 Å². The Hall–Kier alpha value is -5.59. The van der Waals surface area contributed by atoms with Crippen LogP contribution in [0.2, 0.25) is 0 Å². The lowest BCUT2D eigenvalue weighted by Gasteiger charge is -2.33. The largest absolute Gasteiger partial charge is 0.547 e. The van der Waals surface area contributed by atoms with Crippen molar-refractivity contribution in [3.8, 4) is 11.5 Å². The van der Waals surface area contributed by atoms with Crippen molar-refractivity contribution in [3.63, 3.8) is 0 Å². The number of carbonyl (C=O) groups excluding carboxylic acids is 7. The SMILES string of the molecule is CCN1CCN(C(=O)NC(C(=O)N[C@H]2Cc3cccc(C(=O)OCOC(=O)C(C)(C)C)c3OB2O)c2ncc(OC(C)=O)cc2F)C(=O)C1=O. The van der Waals surface area contributed by atoms with E-state index in [-0.39, 0.29) is 43.1 Å². The van der Waals surface area contributed by atoms with Crippen molar-refractivity contribution < 1.29 is 61.8 Å². The molecular weight excluding hydrogens is 664 g/mol. The van der Waals surface area contributed by atoms with Crippen LogP contribution >= 0.6 is 0 Å².